The van der Waals surface area contributed by atoms with Crippen LogP contribution in [0.3, 0.4) is 0 Å². The SMILES string of the molecule is BC(=O)NC(CCCC(=O)NB(C)O)C(=O)OC. The molecule has 100 valence electrons. The van der Waals surface area contributed by atoms with E-state index in [-0.39, 0.29) is 18.1 Å². The molecule has 1 atom stereocenters. The van der Waals surface area contributed by atoms with Crippen LogP contribution < -0.4 is 10.5 Å². The summed E-state index contributed by atoms with van der Waals surface area (Å²) in [7, 11) is 1.64. The molecule has 7 nitrogen and oxygen atoms in total. The third kappa shape index (κ3) is 7.72. The van der Waals surface area contributed by atoms with Gasteiger partial charge in [0.25, 0.3) is 0 Å². The Morgan fingerprint density at radius 3 is 2.50 bits per heavy atom. The van der Waals surface area contributed by atoms with Gasteiger partial charge in [-0.1, -0.05) is 0 Å². The number of methoxy groups -OCH3 is 1. The van der Waals surface area contributed by atoms with E-state index >= 15 is 0 Å². The van der Waals surface area contributed by atoms with Crippen molar-refractivity contribution < 1.29 is 24.1 Å². The zero-order valence-corrected chi connectivity index (χ0v) is 10.9. The highest BCUT2D eigenvalue weighted by Crippen LogP contribution is 2.03. The number of amides is 2. The molecule has 0 fully saturated rings. The summed E-state index contributed by atoms with van der Waals surface area (Å²) in [6, 6.07) is -0.744. The highest BCUT2D eigenvalue weighted by Gasteiger charge is 2.20. The minimum Gasteiger partial charge on any atom is -0.467 e. The Bertz CT molecular complexity index is 311. The van der Waals surface area contributed by atoms with E-state index in [2.05, 4.69) is 15.3 Å². The van der Waals surface area contributed by atoms with Crippen molar-refractivity contribution >= 4 is 32.6 Å². The standard InChI is InChI=1S/C9H18B2N2O5/c1-11(17)13-7(14)5-3-4-6(8(15)18-2)12-9(10)16/h6,17H,3-5,10H2,1-2H3,(H,12,16)(H,13,14). The maximum absolute atomic E-state index is 11.3. The van der Waals surface area contributed by atoms with E-state index in [1.807, 2.05) is 0 Å². The van der Waals surface area contributed by atoms with Crippen LogP contribution >= 0.6 is 0 Å². The Morgan fingerprint density at radius 2 is 2.06 bits per heavy atom. The summed E-state index contributed by atoms with van der Waals surface area (Å²) in [6.07, 6.45) is 0.871. The minimum absolute atomic E-state index is 0.165. The van der Waals surface area contributed by atoms with Gasteiger partial charge in [0.2, 0.25) is 13.8 Å². The van der Waals surface area contributed by atoms with Crippen molar-refractivity contribution in [2.45, 2.75) is 32.1 Å². The lowest BCUT2D eigenvalue weighted by Crippen LogP contribution is -2.41. The zero-order valence-electron chi connectivity index (χ0n) is 10.9. The second kappa shape index (κ2) is 8.57. The molecule has 0 aromatic carbocycles. The molecule has 0 aliphatic rings. The van der Waals surface area contributed by atoms with Crippen LogP contribution in [0.5, 0.6) is 0 Å². The number of esters is 1. The van der Waals surface area contributed by atoms with Crippen molar-refractivity contribution in [3.05, 3.63) is 0 Å². The molecule has 0 spiro atoms. The van der Waals surface area contributed by atoms with Crippen LogP contribution in [0.4, 0.5) is 4.79 Å². The molecule has 0 aromatic heterocycles. The minimum atomic E-state index is -0.899. The Kier molecular flexibility index (Phi) is 7.86. The Balaban J connectivity index is 4.07. The van der Waals surface area contributed by atoms with Gasteiger partial charge in [-0.2, -0.15) is 0 Å². The van der Waals surface area contributed by atoms with Gasteiger partial charge in [0.1, 0.15) is 6.04 Å². The number of carbonyl (C=O) groups is 3. The Morgan fingerprint density at radius 1 is 1.44 bits per heavy atom. The van der Waals surface area contributed by atoms with Gasteiger partial charge in [0, 0.05) is 6.42 Å². The average molecular weight is 256 g/mol. The van der Waals surface area contributed by atoms with Crippen molar-refractivity contribution in [2.75, 3.05) is 7.11 Å². The van der Waals surface area contributed by atoms with Crippen molar-refractivity contribution in [1.29, 1.82) is 0 Å². The van der Waals surface area contributed by atoms with Gasteiger partial charge >= 0.3 is 13.0 Å². The second-order valence-electron chi connectivity index (χ2n) is 3.91. The number of rotatable bonds is 7. The van der Waals surface area contributed by atoms with Gasteiger partial charge in [-0.15, -0.1) is 0 Å². The van der Waals surface area contributed by atoms with Crippen molar-refractivity contribution in [3.8, 4) is 0 Å². The zero-order chi connectivity index (χ0) is 14.1. The van der Waals surface area contributed by atoms with Crippen LogP contribution in [-0.4, -0.2) is 50.8 Å². The molecular weight excluding hydrogens is 238 g/mol. The lowest BCUT2D eigenvalue weighted by atomic mass is 9.88. The molecule has 0 saturated heterocycles. The van der Waals surface area contributed by atoms with Gasteiger partial charge in [0.15, 0.2) is 5.81 Å². The van der Waals surface area contributed by atoms with E-state index in [0.717, 1.165) is 0 Å². The van der Waals surface area contributed by atoms with Crippen LogP contribution in [0.1, 0.15) is 19.3 Å². The first-order valence-electron chi connectivity index (χ1n) is 5.69. The third-order valence-corrected chi connectivity index (χ3v) is 2.13. The van der Waals surface area contributed by atoms with Crippen LogP contribution in [0.2, 0.25) is 6.82 Å². The fourth-order valence-electron chi connectivity index (χ4n) is 1.41. The van der Waals surface area contributed by atoms with Gasteiger partial charge in [-0.25, -0.2) is 4.79 Å². The van der Waals surface area contributed by atoms with Gasteiger partial charge in [-0.05, 0) is 19.7 Å². The van der Waals surface area contributed by atoms with Gasteiger partial charge in [0.05, 0.1) is 7.11 Å². The first-order chi connectivity index (χ1) is 8.36. The molecule has 0 heterocycles. The lowest BCUT2D eigenvalue weighted by molar-refractivity contribution is -0.143. The molecule has 3 N–H and O–H groups in total. The maximum Gasteiger partial charge on any atom is 0.409 e. The van der Waals surface area contributed by atoms with Crippen molar-refractivity contribution in [3.63, 3.8) is 0 Å². The Hall–Kier alpha value is -1.50. The Labute approximate surface area is 107 Å². The van der Waals surface area contributed by atoms with E-state index < -0.39 is 19.1 Å². The average Bonchev–Trinajstić information content (AvgIpc) is 2.25. The molecular formula is C9H18B2N2O5. The number of nitrogens with one attached hydrogen (secondary N) is 2. The molecule has 0 bridgehead atoms. The summed E-state index contributed by atoms with van der Waals surface area (Å²) in [6.45, 7) is 1.44. The van der Waals surface area contributed by atoms with Crippen LogP contribution in [0.15, 0.2) is 0 Å². The number of carbonyl (C=O) groups excluding carboxylic acids is 3. The number of hydrogen-bond donors (Lipinski definition) is 3. The smallest absolute Gasteiger partial charge is 0.409 e. The summed E-state index contributed by atoms with van der Waals surface area (Å²) in [5, 5.41) is 13.7. The van der Waals surface area contributed by atoms with E-state index in [4.69, 9.17) is 5.02 Å². The normalized spacial score (nSPS) is 11.3. The summed E-state index contributed by atoms with van der Waals surface area (Å²) < 4.78 is 4.54. The van der Waals surface area contributed by atoms with E-state index in [1.165, 1.54) is 21.8 Å². The summed E-state index contributed by atoms with van der Waals surface area (Å²) >= 11 is 0. The maximum atomic E-state index is 11.3. The van der Waals surface area contributed by atoms with Crippen molar-refractivity contribution in [1.82, 2.24) is 10.5 Å². The number of hydrogen-bond acceptors (Lipinski definition) is 5. The monoisotopic (exact) mass is 256 g/mol. The third-order valence-electron chi connectivity index (χ3n) is 2.13. The molecule has 0 rings (SSSR count). The second-order valence-corrected chi connectivity index (χ2v) is 3.91. The van der Waals surface area contributed by atoms with Crippen LogP contribution in [-0.2, 0) is 14.3 Å². The molecule has 2 amide bonds. The largest absolute Gasteiger partial charge is 0.467 e. The summed E-state index contributed by atoms with van der Waals surface area (Å²) in [5.74, 6) is -1.18. The summed E-state index contributed by atoms with van der Waals surface area (Å²) in [5.41, 5.74) is 0. The molecule has 18 heavy (non-hydrogen) atoms. The lowest BCUT2D eigenvalue weighted by Gasteiger charge is -2.15. The van der Waals surface area contributed by atoms with E-state index in [9.17, 15) is 14.4 Å². The molecule has 0 aliphatic carbocycles. The fourth-order valence-corrected chi connectivity index (χ4v) is 1.41. The first kappa shape index (κ1) is 16.5. The summed E-state index contributed by atoms with van der Waals surface area (Å²) in [4.78, 5) is 33.4. The molecule has 0 saturated carbocycles. The van der Waals surface area contributed by atoms with Gasteiger partial charge in [-0.3, -0.25) is 9.59 Å². The van der Waals surface area contributed by atoms with Crippen molar-refractivity contribution in [2.24, 2.45) is 0 Å². The molecule has 0 aliphatic heterocycles. The first-order valence-corrected chi connectivity index (χ1v) is 5.69. The highest BCUT2D eigenvalue weighted by molar-refractivity contribution is 6.57. The molecule has 0 aromatic rings. The molecule has 9 heteroatoms. The van der Waals surface area contributed by atoms with Crippen LogP contribution in [0.25, 0.3) is 0 Å². The van der Waals surface area contributed by atoms with E-state index in [1.54, 1.807) is 0 Å². The van der Waals surface area contributed by atoms with Crippen LogP contribution in [0, 0.1) is 0 Å². The molecule has 1 unspecified atom stereocenters. The predicted octanol–water partition coefficient (Wildman–Crippen LogP) is -1.73. The fraction of sp³-hybridized carbons (Fsp3) is 0.667. The van der Waals surface area contributed by atoms with E-state index in [0.29, 0.717) is 12.8 Å². The number of ether oxygens (including phenoxy) is 1. The highest BCUT2D eigenvalue weighted by atomic mass is 16.5. The quantitative estimate of drug-likeness (QED) is 0.370. The predicted molar refractivity (Wildman–Crippen MR) is 68.7 cm³/mol. The van der Waals surface area contributed by atoms with Gasteiger partial charge < -0.3 is 20.3 Å². The topological polar surface area (TPSA) is 105 Å². The molecule has 0 radical (unpaired) electrons.